The lowest BCUT2D eigenvalue weighted by Gasteiger charge is -2.30. The fraction of sp³-hybridized carbons (Fsp3) is 0.588. The molecule has 0 amide bonds. The summed E-state index contributed by atoms with van der Waals surface area (Å²) < 4.78 is 12.5. The maximum Gasteiger partial charge on any atom is 0.245 e. The van der Waals surface area contributed by atoms with Crippen molar-refractivity contribution in [3.05, 3.63) is 29.8 Å². The quantitative estimate of drug-likeness (QED) is 0.716. The molecule has 1 aromatic carbocycles. The maximum absolute atomic E-state index is 9.87. The van der Waals surface area contributed by atoms with E-state index in [1.807, 2.05) is 29.2 Å². The summed E-state index contributed by atoms with van der Waals surface area (Å²) in [7, 11) is 1.69. The van der Waals surface area contributed by atoms with Crippen molar-refractivity contribution in [2.45, 2.75) is 31.9 Å². The minimum absolute atomic E-state index is 0.317. The van der Waals surface area contributed by atoms with Crippen LogP contribution < -0.4 is 9.64 Å². The number of aromatic nitrogens is 4. The molecule has 1 fully saturated rings. The highest BCUT2D eigenvalue weighted by Crippen LogP contribution is 2.19. The van der Waals surface area contributed by atoms with Crippen LogP contribution in [0.4, 0.5) is 5.95 Å². The average Bonchev–Trinajstić information content (AvgIpc) is 3.07. The van der Waals surface area contributed by atoms with E-state index in [4.69, 9.17) is 9.47 Å². The minimum atomic E-state index is -0.317. The molecular formula is C17H25N5O3. The number of aliphatic hydroxyl groups excluding tert-OH is 1. The summed E-state index contributed by atoms with van der Waals surface area (Å²) in [4.78, 5) is 2.04. The highest BCUT2D eigenvalue weighted by atomic mass is 16.5. The molecule has 8 heteroatoms. The lowest BCUT2D eigenvalue weighted by atomic mass is 10.1. The first-order valence-corrected chi connectivity index (χ1v) is 8.66. The smallest absolute Gasteiger partial charge is 0.245 e. The molecule has 2 aromatic rings. The molecule has 0 aliphatic carbocycles. The van der Waals surface area contributed by atoms with Gasteiger partial charge in [-0.05, 0) is 41.0 Å². The minimum Gasteiger partial charge on any atom is -0.493 e. The number of nitrogens with zero attached hydrogens (tertiary/aromatic N) is 5. The molecule has 25 heavy (non-hydrogen) atoms. The van der Waals surface area contributed by atoms with Gasteiger partial charge in [-0.3, -0.25) is 0 Å². The van der Waals surface area contributed by atoms with Crippen LogP contribution in [0.1, 0.15) is 24.8 Å². The lowest BCUT2D eigenvalue weighted by Crippen LogP contribution is -2.39. The standard InChI is InChI=1S/C17H25N5O3/c1-24-9-4-10-25-16-7-2-5-14(11-16)12-22-17(18-19-20-22)21-8-3-6-15(23)13-21/h2,5,7,11,15,23H,3-4,6,8-10,12-13H2,1H3/t15-/m1/s1. The molecule has 1 aliphatic rings. The van der Waals surface area contributed by atoms with Gasteiger partial charge in [-0.2, -0.15) is 0 Å². The molecule has 2 heterocycles. The van der Waals surface area contributed by atoms with Crippen molar-refractivity contribution in [2.24, 2.45) is 0 Å². The van der Waals surface area contributed by atoms with Crippen molar-refractivity contribution >= 4 is 5.95 Å². The van der Waals surface area contributed by atoms with Crippen LogP contribution in [0.5, 0.6) is 5.75 Å². The number of piperidine rings is 1. The first kappa shape index (κ1) is 17.6. The second kappa shape index (κ2) is 8.77. The van der Waals surface area contributed by atoms with E-state index in [0.29, 0.717) is 32.3 Å². The van der Waals surface area contributed by atoms with Gasteiger partial charge in [0.15, 0.2) is 0 Å². The fourth-order valence-corrected chi connectivity index (χ4v) is 2.96. The van der Waals surface area contributed by atoms with E-state index in [1.54, 1.807) is 11.8 Å². The van der Waals surface area contributed by atoms with Gasteiger partial charge >= 0.3 is 0 Å². The average molecular weight is 347 g/mol. The van der Waals surface area contributed by atoms with Crippen LogP contribution in [0.15, 0.2) is 24.3 Å². The Bertz CT molecular complexity index is 663. The van der Waals surface area contributed by atoms with E-state index >= 15 is 0 Å². The first-order chi connectivity index (χ1) is 12.3. The zero-order valence-corrected chi connectivity index (χ0v) is 14.5. The van der Waals surface area contributed by atoms with Crippen LogP contribution in [-0.2, 0) is 11.3 Å². The van der Waals surface area contributed by atoms with Gasteiger partial charge in [0.25, 0.3) is 0 Å². The lowest BCUT2D eigenvalue weighted by molar-refractivity contribution is 0.153. The third-order valence-electron chi connectivity index (χ3n) is 4.18. The van der Waals surface area contributed by atoms with Gasteiger partial charge in [-0.1, -0.05) is 17.2 Å². The number of hydrogen-bond acceptors (Lipinski definition) is 7. The van der Waals surface area contributed by atoms with E-state index in [0.717, 1.165) is 37.1 Å². The maximum atomic E-state index is 9.87. The normalized spacial score (nSPS) is 17.7. The fourth-order valence-electron chi connectivity index (χ4n) is 2.96. The van der Waals surface area contributed by atoms with Crippen molar-refractivity contribution in [3.8, 4) is 5.75 Å². The van der Waals surface area contributed by atoms with Crippen molar-refractivity contribution in [3.63, 3.8) is 0 Å². The summed E-state index contributed by atoms with van der Waals surface area (Å²) >= 11 is 0. The molecule has 1 N–H and O–H groups in total. The van der Waals surface area contributed by atoms with E-state index in [1.165, 1.54) is 0 Å². The molecule has 1 saturated heterocycles. The third-order valence-corrected chi connectivity index (χ3v) is 4.18. The van der Waals surface area contributed by atoms with Gasteiger partial charge in [0.05, 0.1) is 19.3 Å². The van der Waals surface area contributed by atoms with Crippen LogP contribution >= 0.6 is 0 Å². The van der Waals surface area contributed by atoms with Gasteiger partial charge < -0.3 is 19.5 Å². The van der Waals surface area contributed by atoms with Gasteiger partial charge in [0.2, 0.25) is 5.95 Å². The van der Waals surface area contributed by atoms with Crippen molar-refractivity contribution in [2.75, 3.05) is 38.3 Å². The number of methoxy groups -OCH3 is 1. The van der Waals surface area contributed by atoms with Crippen LogP contribution in [-0.4, -0.2) is 64.8 Å². The molecule has 3 rings (SSSR count). The Kier molecular flexibility index (Phi) is 6.19. The van der Waals surface area contributed by atoms with Gasteiger partial charge in [0.1, 0.15) is 5.75 Å². The predicted molar refractivity (Wildman–Crippen MR) is 92.8 cm³/mol. The summed E-state index contributed by atoms with van der Waals surface area (Å²) in [5, 5.41) is 21.9. The van der Waals surface area contributed by atoms with Crippen molar-refractivity contribution in [1.82, 2.24) is 20.2 Å². The Morgan fingerprint density at radius 1 is 1.32 bits per heavy atom. The third kappa shape index (κ3) is 4.90. The zero-order valence-electron chi connectivity index (χ0n) is 14.5. The number of rotatable bonds is 8. The second-order valence-electron chi connectivity index (χ2n) is 6.22. The van der Waals surface area contributed by atoms with Gasteiger partial charge in [-0.25, -0.2) is 4.68 Å². The molecule has 0 unspecified atom stereocenters. The number of anilines is 1. The molecule has 8 nitrogen and oxygen atoms in total. The molecule has 0 saturated carbocycles. The highest BCUT2D eigenvalue weighted by Gasteiger charge is 2.22. The number of ether oxygens (including phenoxy) is 2. The molecule has 0 radical (unpaired) electrons. The van der Waals surface area contributed by atoms with E-state index in [2.05, 4.69) is 15.5 Å². The van der Waals surface area contributed by atoms with Crippen LogP contribution in [0.2, 0.25) is 0 Å². The van der Waals surface area contributed by atoms with Crippen molar-refractivity contribution in [1.29, 1.82) is 0 Å². The molecular weight excluding hydrogens is 322 g/mol. The molecule has 0 spiro atoms. The second-order valence-corrected chi connectivity index (χ2v) is 6.22. The summed E-state index contributed by atoms with van der Waals surface area (Å²) in [6, 6.07) is 7.94. The predicted octanol–water partition coefficient (Wildman–Crippen LogP) is 1.10. The monoisotopic (exact) mass is 347 g/mol. The van der Waals surface area contributed by atoms with Crippen molar-refractivity contribution < 1.29 is 14.6 Å². The number of benzene rings is 1. The SMILES string of the molecule is COCCCOc1cccc(Cn2nnnc2N2CCC[C@@H](O)C2)c1. The van der Waals surface area contributed by atoms with Crippen LogP contribution in [0.3, 0.4) is 0 Å². The Hall–Kier alpha value is -2.19. The van der Waals surface area contributed by atoms with Crippen LogP contribution in [0, 0.1) is 0 Å². The summed E-state index contributed by atoms with van der Waals surface area (Å²) in [5.41, 5.74) is 1.07. The highest BCUT2D eigenvalue weighted by molar-refractivity contribution is 5.32. The summed E-state index contributed by atoms with van der Waals surface area (Å²) in [5.74, 6) is 1.53. The van der Waals surface area contributed by atoms with E-state index in [9.17, 15) is 5.11 Å². The van der Waals surface area contributed by atoms with E-state index in [-0.39, 0.29) is 6.10 Å². The number of hydrogen-bond donors (Lipinski definition) is 1. The largest absolute Gasteiger partial charge is 0.493 e. The topological polar surface area (TPSA) is 85.5 Å². The number of tetrazole rings is 1. The van der Waals surface area contributed by atoms with Crippen LogP contribution in [0.25, 0.3) is 0 Å². The summed E-state index contributed by atoms with van der Waals surface area (Å²) in [6.07, 6.45) is 2.32. The number of aliphatic hydroxyl groups is 1. The number of β-amino-alcohol motifs (C(OH)–C–C–N with tert-alkyl or cyclic N) is 1. The molecule has 1 aromatic heterocycles. The Labute approximate surface area is 147 Å². The van der Waals surface area contributed by atoms with E-state index < -0.39 is 0 Å². The Morgan fingerprint density at radius 2 is 2.24 bits per heavy atom. The zero-order chi connectivity index (χ0) is 17.5. The molecule has 0 bridgehead atoms. The molecule has 136 valence electrons. The first-order valence-electron chi connectivity index (χ1n) is 8.66. The molecule has 1 aliphatic heterocycles. The Balaban J connectivity index is 1.64. The van der Waals surface area contributed by atoms with Gasteiger partial charge in [0, 0.05) is 33.2 Å². The molecule has 1 atom stereocenters. The van der Waals surface area contributed by atoms with Gasteiger partial charge in [-0.15, -0.1) is 0 Å². The summed E-state index contributed by atoms with van der Waals surface area (Å²) in [6.45, 7) is 3.31. The Morgan fingerprint density at radius 3 is 3.08 bits per heavy atom.